The lowest BCUT2D eigenvalue weighted by molar-refractivity contribution is 0.171. The van der Waals surface area contributed by atoms with Gasteiger partial charge in [0.15, 0.2) is 11.5 Å². The van der Waals surface area contributed by atoms with Gasteiger partial charge in [0.05, 0.1) is 0 Å². The molecule has 2 aliphatic heterocycles. The van der Waals surface area contributed by atoms with Gasteiger partial charge in [0.1, 0.15) is 13.2 Å². The Morgan fingerprint density at radius 1 is 1.16 bits per heavy atom. The van der Waals surface area contributed by atoms with E-state index in [0.29, 0.717) is 19.3 Å². The smallest absolute Gasteiger partial charge is 0.163 e. The van der Waals surface area contributed by atoms with Crippen molar-refractivity contribution in [3.63, 3.8) is 0 Å². The van der Waals surface area contributed by atoms with Crippen molar-refractivity contribution in [3.8, 4) is 11.5 Å². The molecule has 0 atom stereocenters. The molecule has 0 unspecified atom stereocenters. The maximum atomic E-state index is 5.65. The second-order valence-corrected chi connectivity index (χ2v) is 5.15. The van der Waals surface area contributed by atoms with Gasteiger partial charge in [-0.2, -0.15) is 0 Å². The predicted molar refractivity (Wildman–Crippen MR) is 76.3 cm³/mol. The number of ether oxygens (including phenoxy) is 2. The van der Waals surface area contributed by atoms with Crippen molar-refractivity contribution in [1.29, 1.82) is 0 Å². The molecule has 0 aliphatic carbocycles. The molecular weight excluding hydrogens is 240 g/mol. The molecule has 0 aromatic heterocycles. The molecular formula is C15H22N2O2. The molecule has 1 fully saturated rings. The number of rotatable bonds is 3. The standard InChI is InChI=1S/C15H22N2O2/c1-2-16-12-5-7-17(8-6-12)13-3-4-14-15(11-13)19-10-9-18-14/h3-4,11-12,16H,2,5-10H2,1H3. The van der Waals surface area contributed by atoms with Crippen LogP contribution >= 0.6 is 0 Å². The maximum absolute atomic E-state index is 5.65. The summed E-state index contributed by atoms with van der Waals surface area (Å²) in [5.41, 5.74) is 1.25. The lowest BCUT2D eigenvalue weighted by atomic mass is 10.0. The minimum absolute atomic E-state index is 0.652. The van der Waals surface area contributed by atoms with Crippen LogP contribution in [-0.2, 0) is 0 Å². The van der Waals surface area contributed by atoms with Gasteiger partial charge in [0.25, 0.3) is 0 Å². The highest BCUT2D eigenvalue weighted by molar-refractivity contribution is 5.57. The molecule has 2 heterocycles. The fourth-order valence-electron chi connectivity index (χ4n) is 2.86. The monoisotopic (exact) mass is 262 g/mol. The Bertz CT molecular complexity index is 428. The molecule has 0 bridgehead atoms. The lowest BCUT2D eigenvalue weighted by Gasteiger charge is -2.34. The van der Waals surface area contributed by atoms with Gasteiger partial charge in [-0.15, -0.1) is 0 Å². The zero-order valence-electron chi connectivity index (χ0n) is 11.5. The minimum atomic E-state index is 0.652. The third kappa shape index (κ3) is 2.78. The summed E-state index contributed by atoms with van der Waals surface area (Å²) in [4.78, 5) is 2.44. The summed E-state index contributed by atoms with van der Waals surface area (Å²) in [5, 5.41) is 3.54. The maximum Gasteiger partial charge on any atom is 0.163 e. The number of benzene rings is 1. The molecule has 19 heavy (non-hydrogen) atoms. The second kappa shape index (κ2) is 5.70. The molecule has 4 heteroatoms. The normalized spacial score (nSPS) is 19.5. The van der Waals surface area contributed by atoms with E-state index < -0.39 is 0 Å². The van der Waals surface area contributed by atoms with Crippen LogP contribution in [0.5, 0.6) is 11.5 Å². The summed E-state index contributed by atoms with van der Waals surface area (Å²) in [5.74, 6) is 1.76. The molecule has 4 nitrogen and oxygen atoms in total. The van der Waals surface area contributed by atoms with Crippen molar-refractivity contribution in [1.82, 2.24) is 5.32 Å². The number of hydrogen-bond acceptors (Lipinski definition) is 4. The van der Waals surface area contributed by atoms with Crippen LogP contribution in [-0.4, -0.2) is 38.9 Å². The summed E-state index contributed by atoms with van der Waals surface area (Å²) in [6.45, 7) is 6.76. The Kier molecular flexibility index (Phi) is 3.78. The van der Waals surface area contributed by atoms with Gasteiger partial charge in [-0.1, -0.05) is 6.92 Å². The molecule has 2 aliphatic rings. The number of anilines is 1. The molecule has 1 aromatic rings. The molecule has 1 aromatic carbocycles. The average Bonchev–Trinajstić information content (AvgIpc) is 2.48. The topological polar surface area (TPSA) is 33.7 Å². The Morgan fingerprint density at radius 2 is 1.89 bits per heavy atom. The molecule has 0 saturated carbocycles. The van der Waals surface area contributed by atoms with Gasteiger partial charge in [-0.3, -0.25) is 0 Å². The first-order valence-corrected chi connectivity index (χ1v) is 7.25. The van der Waals surface area contributed by atoms with Crippen LogP contribution in [0.15, 0.2) is 18.2 Å². The number of nitrogens with zero attached hydrogens (tertiary/aromatic N) is 1. The van der Waals surface area contributed by atoms with E-state index in [1.54, 1.807) is 0 Å². The van der Waals surface area contributed by atoms with Crippen LogP contribution < -0.4 is 19.7 Å². The van der Waals surface area contributed by atoms with E-state index in [9.17, 15) is 0 Å². The minimum Gasteiger partial charge on any atom is -0.486 e. The molecule has 104 valence electrons. The summed E-state index contributed by atoms with van der Waals surface area (Å²) in [7, 11) is 0. The predicted octanol–water partition coefficient (Wildman–Crippen LogP) is 2.04. The molecule has 1 N–H and O–H groups in total. The van der Waals surface area contributed by atoms with Crippen LogP contribution in [0.1, 0.15) is 19.8 Å². The lowest BCUT2D eigenvalue weighted by Crippen LogP contribution is -2.42. The number of fused-ring (bicyclic) bond motifs is 1. The quantitative estimate of drug-likeness (QED) is 0.904. The fourth-order valence-corrected chi connectivity index (χ4v) is 2.86. The van der Waals surface area contributed by atoms with E-state index in [-0.39, 0.29) is 0 Å². The van der Waals surface area contributed by atoms with Crippen LogP contribution in [0.3, 0.4) is 0 Å². The van der Waals surface area contributed by atoms with Gasteiger partial charge in [-0.05, 0) is 31.5 Å². The Morgan fingerprint density at radius 3 is 2.63 bits per heavy atom. The summed E-state index contributed by atoms with van der Waals surface area (Å²) >= 11 is 0. The molecule has 0 radical (unpaired) electrons. The third-order valence-electron chi connectivity index (χ3n) is 3.88. The first-order valence-electron chi connectivity index (χ1n) is 7.25. The zero-order valence-corrected chi connectivity index (χ0v) is 11.5. The fraction of sp³-hybridized carbons (Fsp3) is 0.600. The van der Waals surface area contributed by atoms with Crippen molar-refractivity contribution in [2.45, 2.75) is 25.8 Å². The second-order valence-electron chi connectivity index (χ2n) is 5.15. The highest BCUT2D eigenvalue weighted by atomic mass is 16.6. The van der Waals surface area contributed by atoms with E-state index in [2.05, 4.69) is 29.3 Å². The van der Waals surface area contributed by atoms with Gasteiger partial charge in [-0.25, -0.2) is 0 Å². The Labute approximate surface area is 114 Å². The van der Waals surface area contributed by atoms with E-state index in [1.807, 2.05) is 6.07 Å². The van der Waals surface area contributed by atoms with Gasteiger partial charge in [0, 0.05) is 30.9 Å². The van der Waals surface area contributed by atoms with Crippen LogP contribution in [0.25, 0.3) is 0 Å². The first kappa shape index (κ1) is 12.6. The van der Waals surface area contributed by atoms with Gasteiger partial charge < -0.3 is 19.7 Å². The van der Waals surface area contributed by atoms with Crippen molar-refractivity contribution in [3.05, 3.63) is 18.2 Å². The van der Waals surface area contributed by atoms with E-state index in [1.165, 1.54) is 18.5 Å². The van der Waals surface area contributed by atoms with E-state index in [0.717, 1.165) is 31.1 Å². The highest BCUT2D eigenvalue weighted by Gasteiger charge is 2.20. The molecule has 0 spiro atoms. The van der Waals surface area contributed by atoms with Crippen LogP contribution in [0.4, 0.5) is 5.69 Å². The average molecular weight is 262 g/mol. The highest BCUT2D eigenvalue weighted by Crippen LogP contribution is 2.34. The molecule has 3 rings (SSSR count). The summed E-state index contributed by atoms with van der Waals surface area (Å²) < 4.78 is 11.2. The molecule has 0 amide bonds. The molecule has 1 saturated heterocycles. The van der Waals surface area contributed by atoms with Gasteiger partial charge in [0.2, 0.25) is 0 Å². The van der Waals surface area contributed by atoms with E-state index in [4.69, 9.17) is 9.47 Å². The van der Waals surface area contributed by atoms with Crippen molar-refractivity contribution >= 4 is 5.69 Å². The van der Waals surface area contributed by atoms with Crippen molar-refractivity contribution in [2.24, 2.45) is 0 Å². The number of hydrogen-bond donors (Lipinski definition) is 1. The van der Waals surface area contributed by atoms with Crippen LogP contribution in [0, 0.1) is 0 Å². The van der Waals surface area contributed by atoms with Gasteiger partial charge >= 0.3 is 0 Å². The van der Waals surface area contributed by atoms with Crippen molar-refractivity contribution in [2.75, 3.05) is 37.7 Å². The first-order chi connectivity index (χ1) is 9.36. The number of nitrogens with one attached hydrogen (secondary N) is 1. The Hall–Kier alpha value is -1.42. The van der Waals surface area contributed by atoms with E-state index >= 15 is 0 Å². The third-order valence-corrected chi connectivity index (χ3v) is 3.88. The van der Waals surface area contributed by atoms with Crippen LogP contribution in [0.2, 0.25) is 0 Å². The Balaban J connectivity index is 1.66. The summed E-state index contributed by atoms with van der Waals surface area (Å²) in [6.07, 6.45) is 2.42. The summed E-state index contributed by atoms with van der Waals surface area (Å²) in [6, 6.07) is 6.96. The SMILES string of the molecule is CCNC1CCN(c2ccc3c(c2)OCCO3)CC1. The number of piperidine rings is 1. The largest absolute Gasteiger partial charge is 0.486 e. The zero-order chi connectivity index (χ0) is 13.1. The van der Waals surface area contributed by atoms with Crippen molar-refractivity contribution < 1.29 is 9.47 Å².